The zero-order valence-electron chi connectivity index (χ0n) is 7.93. The summed E-state index contributed by atoms with van der Waals surface area (Å²) in [5, 5.41) is 0. The molecule has 0 unspecified atom stereocenters. The van der Waals surface area contributed by atoms with Crippen LogP contribution in [-0.2, 0) is 4.79 Å². The fraction of sp³-hybridized carbons (Fsp3) is 0.300. The molecule has 0 radical (unpaired) electrons. The van der Waals surface area contributed by atoms with Gasteiger partial charge in [0.15, 0.2) is 0 Å². The average Bonchev–Trinajstić information content (AvgIpc) is 2.25. The topological polar surface area (TPSA) is 55.6 Å². The standard InChI is InChI=1S/C10H12N2O2/c1-14-8-4-2-7(3-5-8)12-6-9(11)10(12)13/h2-5,9H,6,11H2,1H3/t9-/m0/s1. The number of nitrogens with zero attached hydrogens (tertiary/aromatic N) is 1. The van der Waals surface area contributed by atoms with Crippen LogP contribution < -0.4 is 15.4 Å². The van der Waals surface area contributed by atoms with Crippen molar-refractivity contribution >= 4 is 11.6 Å². The Morgan fingerprint density at radius 3 is 2.50 bits per heavy atom. The van der Waals surface area contributed by atoms with E-state index in [1.807, 2.05) is 24.3 Å². The maximum absolute atomic E-state index is 11.3. The summed E-state index contributed by atoms with van der Waals surface area (Å²) in [6.07, 6.45) is 0. The molecule has 4 heteroatoms. The summed E-state index contributed by atoms with van der Waals surface area (Å²) in [6, 6.07) is 7.03. The predicted octanol–water partition coefficient (Wildman–Crippen LogP) is 0.369. The van der Waals surface area contributed by atoms with Gasteiger partial charge < -0.3 is 15.4 Å². The van der Waals surface area contributed by atoms with E-state index >= 15 is 0 Å². The molecule has 1 aromatic rings. The van der Waals surface area contributed by atoms with E-state index in [0.717, 1.165) is 11.4 Å². The lowest BCUT2D eigenvalue weighted by Gasteiger charge is -2.36. The third kappa shape index (κ3) is 1.33. The molecule has 4 nitrogen and oxygen atoms in total. The maximum Gasteiger partial charge on any atom is 0.245 e. The first kappa shape index (κ1) is 9.02. The van der Waals surface area contributed by atoms with Gasteiger partial charge in [0.2, 0.25) is 5.91 Å². The summed E-state index contributed by atoms with van der Waals surface area (Å²) in [7, 11) is 1.61. The Hall–Kier alpha value is -1.55. The minimum Gasteiger partial charge on any atom is -0.497 e. The Kier molecular flexibility index (Phi) is 2.13. The first-order valence-electron chi connectivity index (χ1n) is 4.43. The third-order valence-corrected chi connectivity index (χ3v) is 2.35. The van der Waals surface area contributed by atoms with E-state index in [4.69, 9.17) is 10.5 Å². The van der Waals surface area contributed by atoms with Crippen molar-refractivity contribution in [1.82, 2.24) is 0 Å². The van der Waals surface area contributed by atoms with Crippen molar-refractivity contribution in [2.75, 3.05) is 18.6 Å². The molecule has 0 spiro atoms. The molecule has 1 aromatic carbocycles. The monoisotopic (exact) mass is 192 g/mol. The molecule has 1 amide bonds. The lowest BCUT2D eigenvalue weighted by molar-refractivity contribution is -0.123. The minimum atomic E-state index is -0.322. The zero-order chi connectivity index (χ0) is 10.1. The molecular weight excluding hydrogens is 180 g/mol. The van der Waals surface area contributed by atoms with Crippen LogP contribution in [0.15, 0.2) is 24.3 Å². The van der Waals surface area contributed by atoms with E-state index in [-0.39, 0.29) is 11.9 Å². The summed E-state index contributed by atoms with van der Waals surface area (Å²) in [5.74, 6) is 0.765. The Labute approximate surface area is 82.3 Å². The van der Waals surface area contributed by atoms with Gasteiger partial charge in [0, 0.05) is 5.69 Å². The second-order valence-corrected chi connectivity index (χ2v) is 3.25. The number of nitrogens with two attached hydrogens (primary N) is 1. The van der Waals surface area contributed by atoms with E-state index in [0.29, 0.717) is 6.54 Å². The molecule has 2 N–H and O–H groups in total. The van der Waals surface area contributed by atoms with Gasteiger partial charge in [-0.05, 0) is 24.3 Å². The number of methoxy groups -OCH3 is 1. The molecular formula is C10H12N2O2. The Morgan fingerprint density at radius 1 is 1.43 bits per heavy atom. The Bertz CT molecular complexity index is 348. The van der Waals surface area contributed by atoms with Crippen molar-refractivity contribution in [3.8, 4) is 5.75 Å². The van der Waals surface area contributed by atoms with Gasteiger partial charge in [-0.15, -0.1) is 0 Å². The highest BCUT2D eigenvalue weighted by Gasteiger charge is 2.34. The molecule has 1 fully saturated rings. The first-order valence-corrected chi connectivity index (χ1v) is 4.43. The van der Waals surface area contributed by atoms with Crippen molar-refractivity contribution in [2.45, 2.75) is 6.04 Å². The van der Waals surface area contributed by atoms with E-state index in [9.17, 15) is 4.79 Å². The summed E-state index contributed by atoms with van der Waals surface area (Å²) in [6.45, 7) is 0.602. The fourth-order valence-electron chi connectivity index (χ4n) is 1.45. The summed E-state index contributed by atoms with van der Waals surface area (Å²) >= 11 is 0. The maximum atomic E-state index is 11.3. The number of anilines is 1. The predicted molar refractivity (Wildman–Crippen MR) is 53.3 cm³/mol. The molecule has 2 rings (SSSR count). The van der Waals surface area contributed by atoms with E-state index < -0.39 is 0 Å². The number of ether oxygens (including phenoxy) is 1. The van der Waals surface area contributed by atoms with Crippen molar-refractivity contribution in [2.24, 2.45) is 5.73 Å². The van der Waals surface area contributed by atoms with Crippen LogP contribution in [0.2, 0.25) is 0 Å². The second-order valence-electron chi connectivity index (χ2n) is 3.25. The lowest BCUT2D eigenvalue weighted by atomic mass is 10.1. The van der Waals surface area contributed by atoms with Gasteiger partial charge in [-0.1, -0.05) is 0 Å². The minimum absolute atomic E-state index is 0.0184. The van der Waals surface area contributed by atoms with Gasteiger partial charge in [-0.25, -0.2) is 0 Å². The number of β-lactam (4-membered cyclic amide) rings is 1. The molecule has 0 bridgehead atoms. The van der Waals surface area contributed by atoms with E-state index in [2.05, 4.69) is 0 Å². The summed E-state index contributed by atoms with van der Waals surface area (Å²) < 4.78 is 5.02. The van der Waals surface area contributed by atoms with Crippen molar-refractivity contribution in [3.05, 3.63) is 24.3 Å². The summed E-state index contributed by atoms with van der Waals surface area (Å²) in [4.78, 5) is 12.9. The molecule has 1 atom stereocenters. The van der Waals surface area contributed by atoms with Gasteiger partial charge in [-0.3, -0.25) is 4.79 Å². The first-order chi connectivity index (χ1) is 6.72. The van der Waals surface area contributed by atoms with Crippen molar-refractivity contribution < 1.29 is 9.53 Å². The second kappa shape index (κ2) is 3.31. The van der Waals surface area contributed by atoms with Crippen LogP contribution in [0, 0.1) is 0 Å². The number of rotatable bonds is 2. The highest BCUT2D eigenvalue weighted by molar-refractivity contribution is 6.03. The van der Waals surface area contributed by atoms with Gasteiger partial charge >= 0.3 is 0 Å². The molecule has 1 aliphatic heterocycles. The number of benzene rings is 1. The van der Waals surface area contributed by atoms with Crippen LogP contribution in [0.25, 0.3) is 0 Å². The molecule has 14 heavy (non-hydrogen) atoms. The van der Waals surface area contributed by atoms with Gasteiger partial charge in [0.05, 0.1) is 13.7 Å². The number of carbonyl (C=O) groups excluding carboxylic acids is 1. The fourth-order valence-corrected chi connectivity index (χ4v) is 1.45. The van der Waals surface area contributed by atoms with Crippen LogP contribution in [0.1, 0.15) is 0 Å². The number of hydrogen-bond acceptors (Lipinski definition) is 3. The normalized spacial score (nSPS) is 20.6. The largest absolute Gasteiger partial charge is 0.497 e. The molecule has 1 aliphatic rings. The zero-order valence-corrected chi connectivity index (χ0v) is 7.93. The molecule has 1 heterocycles. The Morgan fingerprint density at radius 2 is 2.07 bits per heavy atom. The lowest BCUT2D eigenvalue weighted by Crippen LogP contribution is -2.61. The third-order valence-electron chi connectivity index (χ3n) is 2.35. The number of carbonyl (C=O) groups is 1. The quantitative estimate of drug-likeness (QED) is 0.689. The number of amides is 1. The van der Waals surface area contributed by atoms with Gasteiger partial charge in [0.1, 0.15) is 11.8 Å². The van der Waals surface area contributed by atoms with Crippen LogP contribution in [0.5, 0.6) is 5.75 Å². The van der Waals surface area contributed by atoms with Crippen LogP contribution in [-0.4, -0.2) is 25.6 Å². The van der Waals surface area contributed by atoms with Crippen molar-refractivity contribution in [3.63, 3.8) is 0 Å². The van der Waals surface area contributed by atoms with Crippen LogP contribution in [0.4, 0.5) is 5.69 Å². The SMILES string of the molecule is COc1ccc(N2C[C@H](N)C2=O)cc1. The van der Waals surface area contributed by atoms with Crippen molar-refractivity contribution in [1.29, 1.82) is 0 Å². The molecule has 1 saturated heterocycles. The average molecular weight is 192 g/mol. The molecule has 0 aromatic heterocycles. The number of hydrogen-bond donors (Lipinski definition) is 1. The highest BCUT2D eigenvalue weighted by Crippen LogP contribution is 2.23. The van der Waals surface area contributed by atoms with Crippen LogP contribution >= 0.6 is 0 Å². The van der Waals surface area contributed by atoms with Gasteiger partial charge in [-0.2, -0.15) is 0 Å². The van der Waals surface area contributed by atoms with Crippen LogP contribution in [0.3, 0.4) is 0 Å². The smallest absolute Gasteiger partial charge is 0.245 e. The molecule has 74 valence electrons. The van der Waals surface area contributed by atoms with E-state index in [1.165, 1.54) is 0 Å². The van der Waals surface area contributed by atoms with Gasteiger partial charge in [0.25, 0.3) is 0 Å². The van der Waals surface area contributed by atoms with E-state index in [1.54, 1.807) is 12.0 Å². The summed E-state index contributed by atoms with van der Waals surface area (Å²) in [5.41, 5.74) is 6.36. The molecule has 0 aliphatic carbocycles. The highest BCUT2D eigenvalue weighted by atomic mass is 16.5. The molecule has 0 saturated carbocycles. The Balaban J connectivity index is 2.14.